The second-order valence-electron chi connectivity index (χ2n) is 1.71. The minimum atomic E-state index is 0.491. The summed E-state index contributed by atoms with van der Waals surface area (Å²) in [5.41, 5.74) is 0. The molecular formula is C5H8BrN. The fourth-order valence-corrected chi connectivity index (χ4v) is 1.14. The van der Waals surface area contributed by atoms with E-state index in [9.17, 15) is 0 Å². The monoisotopic (exact) mass is 161 g/mol. The zero-order valence-corrected chi connectivity index (χ0v) is 5.61. The van der Waals surface area contributed by atoms with Crippen LogP contribution in [0.3, 0.4) is 0 Å². The molecule has 1 rings (SSSR count). The molecule has 1 aliphatic rings. The molecule has 0 amide bonds. The van der Waals surface area contributed by atoms with Crippen molar-refractivity contribution in [3.05, 3.63) is 12.7 Å². The van der Waals surface area contributed by atoms with Crippen LogP contribution in [0.4, 0.5) is 0 Å². The smallest absolute Gasteiger partial charge is 0.0706 e. The number of rotatable bonds is 1. The Balaban J connectivity index is 2.28. The van der Waals surface area contributed by atoms with E-state index in [0.29, 0.717) is 10.9 Å². The molecule has 2 unspecified atom stereocenters. The Morgan fingerprint density at radius 3 is 2.57 bits per heavy atom. The van der Waals surface area contributed by atoms with Gasteiger partial charge in [-0.2, -0.15) is 0 Å². The molecule has 0 aromatic rings. The molecular weight excluding hydrogens is 154 g/mol. The largest absolute Gasteiger partial charge is 0.304 e. The summed E-state index contributed by atoms with van der Waals surface area (Å²) in [7, 11) is 0. The van der Waals surface area contributed by atoms with Gasteiger partial charge >= 0.3 is 0 Å². The molecule has 0 aromatic carbocycles. The minimum Gasteiger partial charge on any atom is -0.304 e. The lowest BCUT2D eigenvalue weighted by Crippen LogP contribution is -2.47. The van der Waals surface area contributed by atoms with Crippen molar-refractivity contribution in [2.45, 2.75) is 4.95 Å². The Labute approximate surface area is 51.9 Å². The SMILES string of the molecule is C=CC1CNC1Br. The van der Waals surface area contributed by atoms with Crippen molar-refractivity contribution in [1.82, 2.24) is 5.32 Å². The van der Waals surface area contributed by atoms with Crippen molar-refractivity contribution in [2.24, 2.45) is 5.92 Å². The maximum absolute atomic E-state index is 3.66. The molecule has 1 heterocycles. The molecule has 1 saturated heterocycles. The number of halogens is 1. The van der Waals surface area contributed by atoms with Crippen molar-refractivity contribution in [3.63, 3.8) is 0 Å². The van der Waals surface area contributed by atoms with Crippen molar-refractivity contribution >= 4 is 15.9 Å². The summed E-state index contributed by atoms with van der Waals surface area (Å²) in [6.45, 7) is 4.75. The van der Waals surface area contributed by atoms with Gasteiger partial charge in [0.05, 0.1) is 4.95 Å². The highest BCUT2D eigenvalue weighted by atomic mass is 79.9. The molecule has 0 radical (unpaired) electrons. The first-order valence-corrected chi connectivity index (χ1v) is 3.26. The van der Waals surface area contributed by atoms with Crippen LogP contribution in [0.2, 0.25) is 0 Å². The molecule has 7 heavy (non-hydrogen) atoms. The molecule has 1 aliphatic heterocycles. The van der Waals surface area contributed by atoms with Crippen LogP contribution >= 0.6 is 15.9 Å². The first kappa shape index (κ1) is 5.32. The van der Waals surface area contributed by atoms with Crippen LogP contribution in [0.5, 0.6) is 0 Å². The summed E-state index contributed by atoms with van der Waals surface area (Å²) in [5.74, 6) is 0.653. The summed E-state index contributed by atoms with van der Waals surface area (Å²) < 4.78 is 0. The Morgan fingerprint density at radius 1 is 1.86 bits per heavy atom. The van der Waals surface area contributed by atoms with Crippen LogP contribution in [-0.4, -0.2) is 11.5 Å². The van der Waals surface area contributed by atoms with Crippen LogP contribution in [0.15, 0.2) is 12.7 Å². The highest BCUT2D eigenvalue weighted by Gasteiger charge is 2.23. The van der Waals surface area contributed by atoms with E-state index in [-0.39, 0.29) is 0 Å². The zero-order chi connectivity index (χ0) is 5.28. The molecule has 1 nitrogen and oxygen atoms in total. The maximum Gasteiger partial charge on any atom is 0.0706 e. The van der Waals surface area contributed by atoms with E-state index < -0.39 is 0 Å². The first-order chi connectivity index (χ1) is 3.34. The van der Waals surface area contributed by atoms with Gasteiger partial charge in [0.2, 0.25) is 0 Å². The molecule has 0 bridgehead atoms. The van der Waals surface area contributed by atoms with Crippen LogP contribution in [-0.2, 0) is 0 Å². The van der Waals surface area contributed by atoms with Crippen LogP contribution in [0.1, 0.15) is 0 Å². The van der Waals surface area contributed by atoms with Gasteiger partial charge in [0.1, 0.15) is 0 Å². The number of alkyl halides is 1. The second kappa shape index (κ2) is 1.97. The Morgan fingerprint density at radius 2 is 2.57 bits per heavy atom. The van der Waals surface area contributed by atoms with E-state index >= 15 is 0 Å². The second-order valence-corrected chi connectivity index (χ2v) is 2.70. The van der Waals surface area contributed by atoms with Gasteiger partial charge in [-0.3, -0.25) is 0 Å². The normalized spacial score (nSPS) is 39.6. The van der Waals surface area contributed by atoms with Crippen molar-refractivity contribution in [1.29, 1.82) is 0 Å². The quantitative estimate of drug-likeness (QED) is 0.346. The van der Waals surface area contributed by atoms with Gasteiger partial charge in [-0.15, -0.1) is 6.58 Å². The zero-order valence-electron chi connectivity index (χ0n) is 4.02. The molecule has 0 spiro atoms. The van der Waals surface area contributed by atoms with E-state index in [0.717, 1.165) is 6.54 Å². The molecule has 0 saturated carbocycles. The van der Waals surface area contributed by atoms with Crippen molar-refractivity contribution in [2.75, 3.05) is 6.54 Å². The summed E-state index contributed by atoms with van der Waals surface area (Å²) >= 11 is 3.40. The number of hydrogen-bond donors (Lipinski definition) is 1. The molecule has 1 N–H and O–H groups in total. The first-order valence-electron chi connectivity index (χ1n) is 2.34. The fourth-order valence-electron chi connectivity index (χ4n) is 0.546. The van der Waals surface area contributed by atoms with E-state index in [1.54, 1.807) is 0 Å². The third-order valence-corrected chi connectivity index (χ3v) is 2.23. The van der Waals surface area contributed by atoms with E-state index in [1.807, 2.05) is 6.08 Å². The van der Waals surface area contributed by atoms with Gasteiger partial charge in [0.25, 0.3) is 0 Å². The lowest BCUT2D eigenvalue weighted by Gasteiger charge is -2.30. The lowest BCUT2D eigenvalue weighted by molar-refractivity contribution is 0.390. The highest BCUT2D eigenvalue weighted by Crippen LogP contribution is 2.18. The predicted molar refractivity (Wildman–Crippen MR) is 34.4 cm³/mol. The van der Waals surface area contributed by atoms with E-state index in [1.165, 1.54) is 0 Å². The van der Waals surface area contributed by atoms with Gasteiger partial charge in [0.15, 0.2) is 0 Å². The average molecular weight is 162 g/mol. The van der Waals surface area contributed by atoms with Crippen molar-refractivity contribution < 1.29 is 0 Å². The minimum absolute atomic E-state index is 0.491. The average Bonchev–Trinajstić information content (AvgIpc) is 1.65. The topological polar surface area (TPSA) is 12.0 Å². The molecule has 0 aromatic heterocycles. The maximum atomic E-state index is 3.66. The Kier molecular flexibility index (Phi) is 1.50. The van der Waals surface area contributed by atoms with Crippen LogP contribution in [0, 0.1) is 5.92 Å². The van der Waals surface area contributed by atoms with Crippen LogP contribution in [0.25, 0.3) is 0 Å². The third kappa shape index (κ3) is 0.864. The van der Waals surface area contributed by atoms with Crippen molar-refractivity contribution in [3.8, 4) is 0 Å². The number of hydrogen-bond acceptors (Lipinski definition) is 1. The molecule has 0 aliphatic carbocycles. The fraction of sp³-hybridized carbons (Fsp3) is 0.600. The number of nitrogens with one attached hydrogen (secondary N) is 1. The summed E-state index contributed by atoms with van der Waals surface area (Å²) in [4.78, 5) is 0.491. The predicted octanol–water partition coefficient (Wildman–Crippen LogP) is 1.11. The van der Waals surface area contributed by atoms with Gasteiger partial charge in [-0.25, -0.2) is 0 Å². The van der Waals surface area contributed by atoms with Gasteiger partial charge in [0, 0.05) is 12.5 Å². The van der Waals surface area contributed by atoms with E-state index in [2.05, 4.69) is 27.8 Å². The molecule has 2 atom stereocenters. The highest BCUT2D eigenvalue weighted by molar-refractivity contribution is 9.09. The summed E-state index contributed by atoms with van der Waals surface area (Å²) in [6.07, 6.45) is 1.97. The molecule has 1 fully saturated rings. The Bertz CT molecular complexity index is 82.1. The molecule has 2 heteroatoms. The summed E-state index contributed by atoms with van der Waals surface area (Å²) in [6, 6.07) is 0. The van der Waals surface area contributed by atoms with Gasteiger partial charge in [-0.1, -0.05) is 22.0 Å². The third-order valence-electron chi connectivity index (χ3n) is 1.23. The van der Waals surface area contributed by atoms with Gasteiger partial charge in [-0.05, 0) is 0 Å². The standard InChI is InChI=1S/C5H8BrN/c1-2-4-3-7-5(4)6/h2,4-5,7H,1,3H2. The molecule has 40 valence electrons. The lowest BCUT2D eigenvalue weighted by atomic mass is 10.0. The van der Waals surface area contributed by atoms with E-state index in [4.69, 9.17) is 0 Å². The van der Waals surface area contributed by atoms with Gasteiger partial charge < -0.3 is 5.32 Å². The Hall–Kier alpha value is 0.180. The van der Waals surface area contributed by atoms with Crippen LogP contribution < -0.4 is 5.32 Å². The summed E-state index contributed by atoms with van der Waals surface area (Å²) in [5, 5.41) is 3.15.